The highest BCUT2D eigenvalue weighted by Crippen LogP contribution is 1.76. The lowest BCUT2D eigenvalue weighted by atomic mass is 10.3. The molecule has 4 amide bonds. The molecule has 0 aromatic heterocycles. The molecule has 12 nitrogen and oxygen atoms in total. The van der Waals surface area contributed by atoms with Gasteiger partial charge in [-0.15, -0.1) is 0 Å². The summed E-state index contributed by atoms with van der Waals surface area (Å²) in [5, 5.41) is 25.4. The van der Waals surface area contributed by atoms with Crippen LogP contribution in [0.5, 0.6) is 0 Å². The molecule has 0 aromatic carbocycles. The maximum Gasteiger partial charge on any atom is 0.322 e. The zero-order valence-corrected chi connectivity index (χ0v) is 12.1. The molecular formula is C11H19N5O7. The number of aliphatic hydroxyl groups is 1. The van der Waals surface area contributed by atoms with Crippen molar-refractivity contribution in [2.75, 3.05) is 32.8 Å². The lowest BCUT2D eigenvalue weighted by Gasteiger charge is -2.10. The third-order valence-electron chi connectivity index (χ3n) is 2.29. The van der Waals surface area contributed by atoms with Crippen LogP contribution in [0.25, 0.3) is 0 Å². The van der Waals surface area contributed by atoms with Gasteiger partial charge in [0, 0.05) is 0 Å². The lowest BCUT2D eigenvalue weighted by molar-refractivity contribution is -0.137. The first kappa shape index (κ1) is 20.3. The molecule has 0 saturated heterocycles. The van der Waals surface area contributed by atoms with Crippen LogP contribution >= 0.6 is 0 Å². The van der Waals surface area contributed by atoms with Crippen LogP contribution < -0.4 is 27.0 Å². The number of nitrogens with one attached hydrogen (secondary N) is 4. The Labute approximate surface area is 130 Å². The molecule has 23 heavy (non-hydrogen) atoms. The molecule has 0 saturated carbocycles. The van der Waals surface area contributed by atoms with E-state index >= 15 is 0 Å². The average molecular weight is 333 g/mol. The smallest absolute Gasteiger partial charge is 0.322 e. The highest BCUT2D eigenvalue weighted by Gasteiger charge is 2.13. The van der Waals surface area contributed by atoms with Gasteiger partial charge in [0.05, 0.1) is 26.2 Å². The van der Waals surface area contributed by atoms with Gasteiger partial charge in [-0.1, -0.05) is 0 Å². The second-order valence-electron chi connectivity index (χ2n) is 4.23. The van der Waals surface area contributed by atoms with Gasteiger partial charge in [0.2, 0.25) is 23.6 Å². The van der Waals surface area contributed by atoms with Crippen LogP contribution in [0.4, 0.5) is 0 Å². The Morgan fingerprint density at radius 2 is 1.17 bits per heavy atom. The zero-order chi connectivity index (χ0) is 17.8. The van der Waals surface area contributed by atoms with Gasteiger partial charge in [0.15, 0.2) is 0 Å². The van der Waals surface area contributed by atoms with Gasteiger partial charge in [-0.25, -0.2) is 0 Å². The van der Waals surface area contributed by atoms with Crippen molar-refractivity contribution in [3.8, 4) is 0 Å². The fraction of sp³-hybridized carbons (Fsp3) is 0.545. The minimum absolute atomic E-state index is 0.432. The second kappa shape index (κ2) is 10.9. The number of amides is 4. The number of hydrogen-bond donors (Lipinski definition) is 7. The first-order valence-corrected chi connectivity index (χ1v) is 6.42. The molecular weight excluding hydrogens is 314 g/mol. The fourth-order valence-corrected chi connectivity index (χ4v) is 1.10. The second-order valence-corrected chi connectivity index (χ2v) is 4.23. The molecule has 0 bridgehead atoms. The molecule has 8 N–H and O–H groups in total. The van der Waals surface area contributed by atoms with Crippen molar-refractivity contribution >= 4 is 29.6 Å². The molecule has 1 unspecified atom stereocenters. The van der Waals surface area contributed by atoms with Gasteiger partial charge in [0.25, 0.3) is 0 Å². The minimum atomic E-state index is -1.22. The molecule has 0 heterocycles. The van der Waals surface area contributed by atoms with Crippen molar-refractivity contribution in [3.63, 3.8) is 0 Å². The van der Waals surface area contributed by atoms with Crippen LogP contribution in [-0.2, 0) is 24.0 Å². The first-order valence-electron chi connectivity index (χ1n) is 6.42. The van der Waals surface area contributed by atoms with Crippen LogP contribution in [0, 0.1) is 0 Å². The highest BCUT2D eigenvalue weighted by atomic mass is 16.4. The number of aliphatic hydroxyl groups excluding tert-OH is 1. The van der Waals surface area contributed by atoms with Crippen molar-refractivity contribution in [3.05, 3.63) is 0 Å². The number of aliphatic carboxylic acids is 1. The van der Waals surface area contributed by atoms with E-state index in [2.05, 4.69) is 16.0 Å². The summed E-state index contributed by atoms with van der Waals surface area (Å²) in [5.41, 5.74) is 5.20. The van der Waals surface area contributed by atoms with Crippen LogP contribution in [0.1, 0.15) is 0 Å². The minimum Gasteiger partial charge on any atom is -0.480 e. The van der Waals surface area contributed by atoms with Crippen LogP contribution in [0.2, 0.25) is 0 Å². The van der Waals surface area contributed by atoms with Crippen LogP contribution in [-0.4, -0.2) is 78.6 Å². The molecule has 0 fully saturated rings. The van der Waals surface area contributed by atoms with Crippen molar-refractivity contribution < 1.29 is 34.2 Å². The van der Waals surface area contributed by atoms with E-state index in [0.717, 1.165) is 0 Å². The molecule has 1 atom stereocenters. The van der Waals surface area contributed by atoms with Gasteiger partial charge < -0.3 is 37.2 Å². The van der Waals surface area contributed by atoms with Gasteiger partial charge in [-0.2, -0.15) is 0 Å². The molecule has 0 aliphatic carbocycles. The molecule has 0 aliphatic rings. The SMILES string of the molecule is NC(CO)C(=O)NCC(=O)NCC(=O)NCC(=O)NCC(=O)O. The number of nitrogens with two attached hydrogens (primary N) is 1. The van der Waals surface area contributed by atoms with Crippen LogP contribution in [0.15, 0.2) is 0 Å². The summed E-state index contributed by atoms with van der Waals surface area (Å²) in [6.45, 7) is -2.45. The molecule has 0 spiro atoms. The summed E-state index contributed by atoms with van der Waals surface area (Å²) < 4.78 is 0. The number of hydrogen-bond acceptors (Lipinski definition) is 7. The van der Waals surface area contributed by atoms with E-state index in [-0.39, 0.29) is 0 Å². The van der Waals surface area contributed by atoms with E-state index in [0.29, 0.717) is 0 Å². The third kappa shape index (κ3) is 10.6. The van der Waals surface area contributed by atoms with E-state index in [1.54, 1.807) is 0 Å². The van der Waals surface area contributed by atoms with Gasteiger partial charge in [0.1, 0.15) is 12.6 Å². The quantitative estimate of drug-likeness (QED) is 0.206. The lowest BCUT2D eigenvalue weighted by Crippen LogP contribution is -2.48. The van der Waals surface area contributed by atoms with E-state index in [1.807, 2.05) is 5.32 Å². The summed E-state index contributed by atoms with van der Waals surface area (Å²) in [7, 11) is 0. The Bertz CT molecular complexity index is 468. The van der Waals surface area contributed by atoms with Crippen molar-refractivity contribution in [2.24, 2.45) is 5.73 Å². The van der Waals surface area contributed by atoms with Crippen LogP contribution in [0.3, 0.4) is 0 Å². The Hall–Kier alpha value is -2.73. The van der Waals surface area contributed by atoms with Gasteiger partial charge in [-0.05, 0) is 0 Å². The van der Waals surface area contributed by atoms with E-state index < -0.39 is 68.4 Å². The Kier molecular flexibility index (Phi) is 9.62. The predicted molar refractivity (Wildman–Crippen MR) is 74.7 cm³/mol. The standard InChI is InChI=1S/C11H19N5O7/c12-6(5-17)11(23)16-3-9(20)14-1-7(18)13-2-8(19)15-4-10(21)22/h6,17H,1-5,12H2,(H,13,18)(H,14,20)(H,15,19)(H,16,23)(H,21,22). The maximum atomic E-state index is 11.3. The van der Waals surface area contributed by atoms with Crippen molar-refractivity contribution in [2.45, 2.75) is 6.04 Å². The molecule has 12 heteroatoms. The largest absolute Gasteiger partial charge is 0.480 e. The zero-order valence-electron chi connectivity index (χ0n) is 12.1. The molecule has 0 aliphatic heterocycles. The molecule has 130 valence electrons. The Morgan fingerprint density at radius 3 is 1.57 bits per heavy atom. The molecule has 0 radical (unpaired) electrons. The number of carbonyl (C=O) groups excluding carboxylic acids is 4. The molecule has 0 aromatic rings. The van der Waals surface area contributed by atoms with Gasteiger partial charge in [-0.3, -0.25) is 24.0 Å². The Morgan fingerprint density at radius 1 is 0.783 bits per heavy atom. The summed E-state index contributed by atoms with van der Waals surface area (Å²) in [5.74, 6) is -3.99. The molecule has 0 rings (SSSR count). The van der Waals surface area contributed by atoms with E-state index in [4.69, 9.17) is 15.9 Å². The Balaban J connectivity index is 3.84. The summed E-state index contributed by atoms with van der Waals surface area (Å²) in [4.78, 5) is 55.1. The first-order chi connectivity index (χ1) is 10.8. The summed E-state index contributed by atoms with van der Waals surface area (Å²) >= 11 is 0. The predicted octanol–water partition coefficient (Wildman–Crippen LogP) is -5.14. The van der Waals surface area contributed by atoms with Crippen molar-refractivity contribution in [1.82, 2.24) is 21.3 Å². The van der Waals surface area contributed by atoms with Crippen molar-refractivity contribution in [1.29, 1.82) is 0 Å². The summed E-state index contributed by atoms with van der Waals surface area (Å²) in [6.07, 6.45) is 0. The summed E-state index contributed by atoms with van der Waals surface area (Å²) in [6, 6.07) is -1.14. The van der Waals surface area contributed by atoms with E-state index in [1.165, 1.54) is 0 Å². The number of carboxylic acid groups (broad SMARTS) is 1. The fourth-order valence-electron chi connectivity index (χ4n) is 1.10. The number of carboxylic acids is 1. The number of rotatable bonds is 10. The maximum absolute atomic E-state index is 11.3. The monoisotopic (exact) mass is 333 g/mol. The normalized spacial score (nSPS) is 11.0. The third-order valence-corrected chi connectivity index (χ3v) is 2.29. The number of carbonyl (C=O) groups is 5. The topological polar surface area (TPSA) is 200 Å². The average Bonchev–Trinajstić information content (AvgIpc) is 2.52. The van der Waals surface area contributed by atoms with Gasteiger partial charge >= 0.3 is 5.97 Å². The van der Waals surface area contributed by atoms with E-state index in [9.17, 15) is 24.0 Å². The highest BCUT2D eigenvalue weighted by molar-refractivity contribution is 5.91.